The quantitative estimate of drug-likeness (QED) is 0.788. The zero-order chi connectivity index (χ0) is 14.3. The Morgan fingerprint density at radius 3 is 2.55 bits per heavy atom. The van der Waals surface area contributed by atoms with Crippen molar-refractivity contribution < 1.29 is 4.79 Å². The van der Waals surface area contributed by atoms with Crippen LogP contribution in [0.3, 0.4) is 0 Å². The molecule has 0 saturated heterocycles. The molecule has 1 aromatic carbocycles. The third-order valence-corrected chi connectivity index (χ3v) is 4.06. The van der Waals surface area contributed by atoms with Gasteiger partial charge in [0.2, 0.25) is 5.91 Å². The molecule has 3 nitrogen and oxygen atoms in total. The Labute approximate surface area is 140 Å². The number of nitrogens with one attached hydrogen (secondary N) is 1. The first-order chi connectivity index (χ1) is 9.06. The molecule has 20 heavy (non-hydrogen) atoms. The van der Waals surface area contributed by atoms with Crippen LogP contribution in [0.25, 0.3) is 0 Å². The topological polar surface area (TPSA) is 55.1 Å². The molecular formula is C13H19Cl3N2OS. The summed E-state index contributed by atoms with van der Waals surface area (Å²) in [5.74, 6) is 0.752. The van der Waals surface area contributed by atoms with Crippen LogP contribution in [0.1, 0.15) is 12.0 Å². The number of benzene rings is 1. The van der Waals surface area contributed by atoms with E-state index in [0.717, 1.165) is 11.3 Å². The summed E-state index contributed by atoms with van der Waals surface area (Å²) < 4.78 is 0. The van der Waals surface area contributed by atoms with E-state index in [4.69, 9.17) is 28.9 Å². The van der Waals surface area contributed by atoms with E-state index in [9.17, 15) is 4.79 Å². The van der Waals surface area contributed by atoms with Crippen molar-refractivity contribution in [3.05, 3.63) is 33.8 Å². The van der Waals surface area contributed by atoms with Crippen LogP contribution in [0.2, 0.25) is 10.0 Å². The van der Waals surface area contributed by atoms with E-state index in [-0.39, 0.29) is 18.3 Å². The molecule has 0 spiro atoms. The second kappa shape index (κ2) is 10.6. The minimum Gasteiger partial charge on any atom is -0.354 e. The fourth-order valence-electron chi connectivity index (χ4n) is 1.59. The minimum atomic E-state index is -0.450. The van der Waals surface area contributed by atoms with Crippen molar-refractivity contribution in [2.45, 2.75) is 18.9 Å². The van der Waals surface area contributed by atoms with Gasteiger partial charge in [-0.15, -0.1) is 12.4 Å². The van der Waals surface area contributed by atoms with Crippen molar-refractivity contribution >= 4 is 53.3 Å². The Balaban J connectivity index is 0.00000361. The maximum absolute atomic E-state index is 11.7. The molecule has 1 amide bonds. The maximum atomic E-state index is 11.7. The number of halogens is 3. The Bertz CT molecular complexity index is 412. The van der Waals surface area contributed by atoms with Gasteiger partial charge in [-0.25, -0.2) is 0 Å². The van der Waals surface area contributed by atoms with E-state index in [1.165, 1.54) is 0 Å². The number of hydrogen-bond acceptors (Lipinski definition) is 3. The summed E-state index contributed by atoms with van der Waals surface area (Å²) in [5, 5.41) is 4.04. The van der Waals surface area contributed by atoms with Gasteiger partial charge in [0.25, 0.3) is 0 Å². The van der Waals surface area contributed by atoms with Crippen molar-refractivity contribution in [2.75, 3.05) is 18.6 Å². The summed E-state index contributed by atoms with van der Waals surface area (Å²) in [6.07, 6.45) is 3.27. The predicted octanol–water partition coefficient (Wildman–Crippen LogP) is 3.15. The summed E-state index contributed by atoms with van der Waals surface area (Å²) >= 11 is 13.8. The lowest BCUT2D eigenvalue weighted by molar-refractivity contribution is -0.122. The molecule has 0 radical (unpaired) electrons. The second-order valence-electron chi connectivity index (χ2n) is 4.13. The highest BCUT2D eigenvalue weighted by atomic mass is 35.5. The number of hydrogen-bond donors (Lipinski definition) is 2. The Hall–Kier alpha value is -0.130. The number of amides is 1. The maximum Gasteiger partial charge on any atom is 0.236 e. The molecule has 0 unspecified atom stereocenters. The molecule has 3 N–H and O–H groups in total. The summed E-state index contributed by atoms with van der Waals surface area (Å²) in [6.45, 7) is 0.481. The van der Waals surface area contributed by atoms with E-state index in [0.29, 0.717) is 29.4 Å². The van der Waals surface area contributed by atoms with Crippen LogP contribution in [0.5, 0.6) is 0 Å². The highest BCUT2D eigenvalue weighted by Crippen LogP contribution is 2.24. The van der Waals surface area contributed by atoms with Gasteiger partial charge in [0.1, 0.15) is 0 Å². The van der Waals surface area contributed by atoms with Crippen LogP contribution >= 0.6 is 47.4 Å². The Morgan fingerprint density at radius 2 is 2.00 bits per heavy atom. The average Bonchev–Trinajstić information content (AvgIpc) is 2.39. The van der Waals surface area contributed by atoms with Gasteiger partial charge in [-0.2, -0.15) is 11.8 Å². The molecule has 0 fully saturated rings. The third-order valence-electron chi connectivity index (χ3n) is 2.71. The van der Waals surface area contributed by atoms with Crippen molar-refractivity contribution in [2.24, 2.45) is 5.73 Å². The number of carbonyl (C=O) groups excluding carboxylic acids is 1. The Kier molecular flexibility index (Phi) is 10.5. The van der Waals surface area contributed by atoms with Gasteiger partial charge in [-0.05, 0) is 42.5 Å². The summed E-state index contributed by atoms with van der Waals surface area (Å²) in [6, 6.07) is 4.92. The highest BCUT2D eigenvalue weighted by molar-refractivity contribution is 7.98. The Morgan fingerprint density at radius 1 is 1.40 bits per heavy atom. The first-order valence-corrected chi connectivity index (χ1v) is 8.16. The summed E-state index contributed by atoms with van der Waals surface area (Å²) in [7, 11) is 0. The molecule has 114 valence electrons. The molecule has 0 saturated carbocycles. The van der Waals surface area contributed by atoms with Crippen LogP contribution < -0.4 is 11.1 Å². The second-order valence-corrected chi connectivity index (χ2v) is 5.93. The van der Waals surface area contributed by atoms with Crippen molar-refractivity contribution in [1.82, 2.24) is 5.32 Å². The van der Waals surface area contributed by atoms with Crippen LogP contribution in [0.15, 0.2) is 18.2 Å². The van der Waals surface area contributed by atoms with E-state index >= 15 is 0 Å². The molecule has 0 aromatic heterocycles. The van der Waals surface area contributed by atoms with E-state index in [1.54, 1.807) is 30.0 Å². The molecule has 0 aliphatic heterocycles. The first kappa shape index (κ1) is 19.9. The molecule has 7 heteroatoms. The van der Waals surface area contributed by atoms with Crippen LogP contribution in [0, 0.1) is 0 Å². The summed E-state index contributed by atoms with van der Waals surface area (Å²) in [4.78, 5) is 11.7. The minimum absolute atomic E-state index is 0. The van der Waals surface area contributed by atoms with Gasteiger partial charge in [0.15, 0.2) is 0 Å². The van der Waals surface area contributed by atoms with Crippen LogP contribution in [0.4, 0.5) is 0 Å². The highest BCUT2D eigenvalue weighted by Gasteiger charge is 2.12. The molecule has 1 atom stereocenters. The molecule has 0 aliphatic rings. The molecule has 0 aliphatic carbocycles. The van der Waals surface area contributed by atoms with Gasteiger partial charge >= 0.3 is 0 Å². The van der Waals surface area contributed by atoms with Gasteiger partial charge in [-0.3, -0.25) is 4.79 Å². The largest absolute Gasteiger partial charge is 0.354 e. The van der Waals surface area contributed by atoms with Crippen molar-refractivity contribution in [1.29, 1.82) is 0 Å². The average molecular weight is 358 g/mol. The van der Waals surface area contributed by atoms with Crippen LogP contribution in [-0.2, 0) is 11.2 Å². The van der Waals surface area contributed by atoms with Crippen molar-refractivity contribution in [3.63, 3.8) is 0 Å². The fourth-order valence-corrected chi connectivity index (χ4v) is 2.66. The van der Waals surface area contributed by atoms with E-state index in [2.05, 4.69) is 5.32 Å². The lowest BCUT2D eigenvalue weighted by atomic mass is 10.1. The standard InChI is InChI=1S/C13H18Cl2N2OS.ClH/c1-19-8-6-12(16)13(18)17-7-5-9-10(14)3-2-4-11(9)15;/h2-4,12H,5-8,16H2,1H3,(H,17,18);1H/t12-;/m0./s1. The SMILES string of the molecule is CSCC[C@H](N)C(=O)NCCc1c(Cl)cccc1Cl.Cl. The smallest absolute Gasteiger partial charge is 0.236 e. The molecule has 1 aromatic rings. The van der Waals surface area contributed by atoms with Crippen LogP contribution in [-0.4, -0.2) is 30.5 Å². The lowest BCUT2D eigenvalue weighted by Gasteiger charge is -2.12. The van der Waals surface area contributed by atoms with Gasteiger partial charge in [0, 0.05) is 16.6 Å². The zero-order valence-corrected chi connectivity index (χ0v) is 14.3. The molecular weight excluding hydrogens is 339 g/mol. The molecule has 0 heterocycles. The zero-order valence-electron chi connectivity index (χ0n) is 11.2. The van der Waals surface area contributed by atoms with E-state index in [1.807, 2.05) is 6.26 Å². The monoisotopic (exact) mass is 356 g/mol. The van der Waals surface area contributed by atoms with E-state index < -0.39 is 6.04 Å². The number of nitrogens with two attached hydrogens (primary N) is 1. The van der Waals surface area contributed by atoms with Gasteiger partial charge in [0.05, 0.1) is 6.04 Å². The number of rotatable bonds is 7. The van der Waals surface area contributed by atoms with Crippen molar-refractivity contribution in [3.8, 4) is 0 Å². The molecule has 0 bridgehead atoms. The normalized spacial score (nSPS) is 11.6. The van der Waals surface area contributed by atoms with Gasteiger partial charge < -0.3 is 11.1 Å². The summed E-state index contributed by atoms with van der Waals surface area (Å²) in [5.41, 5.74) is 6.62. The molecule has 1 rings (SSSR count). The van der Waals surface area contributed by atoms with Gasteiger partial charge in [-0.1, -0.05) is 29.3 Å². The predicted molar refractivity (Wildman–Crippen MR) is 91.4 cm³/mol. The number of thioether (sulfide) groups is 1. The first-order valence-electron chi connectivity index (χ1n) is 6.01. The lowest BCUT2D eigenvalue weighted by Crippen LogP contribution is -2.41. The number of carbonyl (C=O) groups is 1. The fraction of sp³-hybridized carbons (Fsp3) is 0.462. The third kappa shape index (κ3) is 6.55.